The van der Waals surface area contributed by atoms with E-state index in [1.165, 1.54) is 0 Å². The van der Waals surface area contributed by atoms with E-state index in [9.17, 15) is 14.9 Å². The summed E-state index contributed by atoms with van der Waals surface area (Å²) in [6.07, 6.45) is 1.63. The first kappa shape index (κ1) is 10.2. The largest absolute Gasteiger partial charge is 0.334 e. The summed E-state index contributed by atoms with van der Waals surface area (Å²) in [5.74, 6) is 0.0356. The molecule has 0 saturated carbocycles. The molecule has 76 valence electrons. The van der Waals surface area contributed by atoms with Crippen LogP contribution in [0.25, 0.3) is 0 Å². The Morgan fingerprint density at radius 1 is 1.71 bits per heavy atom. The lowest BCUT2D eigenvalue weighted by Crippen LogP contribution is -1.99. The van der Waals surface area contributed by atoms with E-state index in [-0.39, 0.29) is 11.5 Å². The highest BCUT2D eigenvalue weighted by molar-refractivity contribution is 5.75. The summed E-state index contributed by atoms with van der Waals surface area (Å²) in [6, 6.07) is 0. The van der Waals surface area contributed by atoms with Crippen LogP contribution in [0.4, 0.5) is 11.5 Å². The normalized spacial score (nSPS) is 9.79. The zero-order chi connectivity index (χ0) is 10.6. The number of nitro groups is 1. The third-order valence-electron chi connectivity index (χ3n) is 1.69. The summed E-state index contributed by atoms with van der Waals surface area (Å²) >= 11 is 0. The Bertz CT molecular complexity index is 347. The monoisotopic (exact) mass is 198 g/mol. The van der Waals surface area contributed by atoms with Crippen molar-refractivity contribution >= 4 is 17.9 Å². The van der Waals surface area contributed by atoms with E-state index >= 15 is 0 Å². The van der Waals surface area contributed by atoms with Crippen LogP contribution < -0.4 is 5.32 Å². The van der Waals surface area contributed by atoms with Crippen molar-refractivity contribution in [2.45, 2.75) is 19.8 Å². The number of carbonyl (C=O) groups excluding carboxylic acids is 1. The molecule has 0 radical (unpaired) electrons. The van der Waals surface area contributed by atoms with Crippen molar-refractivity contribution in [1.82, 2.24) is 10.2 Å². The summed E-state index contributed by atoms with van der Waals surface area (Å²) in [5, 5.41) is 19.0. The molecule has 1 amide bonds. The van der Waals surface area contributed by atoms with Crippen molar-refractivity contribution in [2.24, 2.45) is 0 Å². The summed E-state index contributed by atoms with van der Waals surface area (Å²) in [5.41, 5.74) is 0.209. The number of rotatable bonds is 5. The Morgan fingerprint density at radius 3 is 2.93 bits per heavy atom. The zero-order valence-corrected chi connectivity index (χ0v) is 7.61. The topological polar surface area (TPSA) is 101 Å². The lowest BCUT2D eigenvalue weighted by atomic mass is 10.2. The van der Waals surface area contributed by atoms with Crippen molar-refractivity contribution in [1.29, 1.82) is 0 Å². The van der Waals surface area contributed by atoms with Crippen LogP contribution in [-0.4, -0.2) is 21.5 Å². The molecule has 0 fully saturated rings. The minimum atomic E-state index is -0.555. The van der Waals surface area contributed by atoms with Gasteiger partial charge in [-0.05, 0) is 6.42 Å². The molecule has 0 aliphatic heterocycles. The Hall–Kier alpha value is -1.92. The molecule has 2 N–H and O–H groups in total. The number of aromatic amines is 1. The van der Waals surface area contributed by atoms with Gasteiger partial charge in [-0.1, -0.05) is 13.3 Å². The molecular formula is C7H10N4O3. The lowest BCUT2D eigenvalue weighted by molar-refractivity contribution is -0.384. The van der Waals surface area contributed by atoms with E-state index < -0.39 is 4.92 Å². The molecule has 0 bridgehead atoms. The fourth-order valence-corrected chi connectivity index (χ4v) is 1.14. The highest BCUT2D eigenvalue weighted by Crippen LogP contribution is 2.26. The number of carbonyl (C=O) groups is 1. The second-order valence-electron chi connectivity index (χ2n) is 2.66. The third-order valence-corrected chi connectivity index (χ3v) is 1.69. The molecule has 0 aliphatic rings. The van der Waals surface area contributed by atoms with Crippen LogP contribution in [0.1, 0.15) is 19.0 Å². The molecule has 0 saturated heterocycles. The van der Waals surface area contributed by atoms with Crippen LogP contribution in [0.15, 0.2) is 0 Å². The van der Waals surface area contributed by atoms with Gasteiger partial charge in [0.15, 0.2) is 0 Å². The first-order chi connectivity index (χ1) is 6.70. The van der Waals surface area contributed by atoms with Crippen molar-refractivity contribution in [3.8, 4) is 0 Å². The molecular weight excluding hydrogens is 188 g/mol. The van der Waals surface area contributed by atoms with E-state index in [1.807, 2.05) is 6.92 Å². The zero-order valence-electron chi connectivity index (χ0n) is 7.61. The summed E-state index contributed by atoms with van der Waals surface area (Å²) < 4.78 is 0. The Balaban J connectivity index is 3.06. The number of amides is 1. The SMILES string of the molecule is CCCc1n[nH]c(NC=O)c1[N+](=O)[O-]. The summed E-state index contributed by atoms with van der Waals surface area (Å²) in [4.78, 5) is 20.2. The van der Waals surface area contributed by atoms with E-state index in [4.69, 9.17) is 0 Å². The first-order valence-electron chi connectivity index (χ1n) is 4.12. The minimum absolute atomic E-state index is 0.0356. The van der Waals surface area contributed by atoms with Gasteiger partial charge in [0, 0.05) is 0 Å². The Morgan fingerprint density at radius 2 is 2.43 bits per heavy atom. The average molecular weight is 198 g/mol. The van der Waals surface area contributed by atoms with Crippen LogP contribution in [0.2, 0.25) is 0 Å². The molecule has 0 spiro atoms. The predicted octanol–water partition coefficient (Wildman–Crippen LogP) is 0.839. The molecule has 0 aliphatic carbocycles. The molecule has 7 nitrogen and oxygen atoms in total. The maximum Gasteiger partial charge on any atom is 0.334 e. The number of hydrogen-bond acceptors (Lipinski definition) is 4. The highest BCUT2D eigenvalue weighted by Gasteiger charge is 2.22. The Labute approximate surface area is 79.7 Å². The van der Waals surface area contributed by atoms with Crippen LogP contribution in [0.5, 0.6) is 0 Å². The van der Waals surface area contributed by atoms with E-state index in [0.29, 0.717) is 18.5 Å². The van der Waals surface area contributed by atoms with Gasteiger partial charge in [0.25, 0.3) is 0 Å². The van der Waals surface area contributed by atoms with E-state index in [1.54, 1.807) is 0 Å². The van der Waals surface area contributed by atoms with Crippen LogP contribution >= 0.6 is 0 Å². The Kier molecular flexibility index (Phi) is 3.16. The number of H-pyrrole nitrogens is 1. The molecule has 0 atom stereocenters. The lowest BCUT2D eigenvalue weighted by Gasteiger charge is -1.94. The average Bonchev–Trinajstić information content (AvgIpc) is 2.49. The summed E-state index contributed by atoms with van der Waals surface area (Å²) in [6.45, 7) is 1.89. The first-order valence-corrected chi connectivity index (χ1v) is 4.12. The quantitative estimate of drug-likeness (QED) is 0.415. The highest BCUT2D eigenvalue weighted by atomic mass is 16.6. The van der Waals surface area contributed by atoms with Gasteiger partial charge in [-0.25, -0.2) is 0 Å². The maximum atomic E-state index is 10.6. The van der Waals surface area contributed by atoms with E-state index in [2.05, 4.69) is 15.5 Å². The molecule has 1 aromatic heterocycles. The number of aryl methyl sites for hydroxylation is 1. The van der Waals surface area contributed by atoms with Gasteiger partial charge in [0.05, 0.1) is 4.92 Å². The predicted molar refractivity (Wildman–Crippen MR) is 48.9 cm³/mol. The smallest absolute Gasteiger partial charge is 0.308 e. The number of aromatic nitrogens is 2. The molecule has 0 unspecified atom stereocenters. The fraction of sp³-hybridized carbons (Fsp3) is 0.429. The van der Waals surface area contributed by atoms with Gasteiger partial charge in [-0.2, -0.15) is 5.10 Å². The van der Waals surface area contributed by atoms with Gasteiger partial charge in [-0.15, -0.1) is 0 Å². The van der Waals surface area contributed by atoms with Crippen LogP contribution in [0, 0.1) is 10.1 Å². The number of anilines is 1. The molecule has 1 aromatic rings. The molecule has 7 heteroatoms. The summed E-state index contributed by atoms with van der Waals surface area (Å²) in [7, 11) is 0. The van der Waals surface area contributed by atoms with Crippen LogP contribution in [-0.2, 0) is 11.2 Å². The number of nitrogens with one attached hydrogen (secondary N) is 2. The second-order valence-corrected chi connectivity index (χ2v) is 2.66. The molecule has 14 heavy (non-hydrogen) atoms. The third kappa shape index (κ3) is 1.87. The van der Waals surface area contributed by atoms with Crippen molar-refractivity contribution in [3.05, 3.63) is 15.8 Å². The van der Waals surface area contributed by atoms with E-state index in [0.717, 1.165) is 6.42 Å². The van der Waals surface area contributed by atoms with Gasteiger partial charge in [0.1, 0.15) is 5.69 Å². The fourth-order valence-electron chi connectivity index (χ4n) is 1.14. The molecule has 0 aromatic carbocycles. The van der Waals surface area contributed by atoms with Crippen LogP contribution in [0.3, 0.4) is 0 Å². The van der Waals surface area contributed by atoms with Crippen molar-refractivity contribution in [3.63, 3.8) is 0 Å². The standard InChI is InChI=1S/C7H10N4O3/c1-2-3-5-6(11(13)14)7(8-4-12)10-9-5/h4H,2-3H2,1H3,(H2,8,9,10,12). The minimum Gasteiger partial charge on any atom is -0.308 e. The van der Waals surface area contributed by atoms with Gasteiger partial charge < -0.3 is 5.32 Å². The number of hydrogen-bond donors (Lipinski definition) is 2. The molecule has 1 heterocycles. The van der Waals surface area contributed by atoms with Crippen molar-refractivity contribution < 1.29 is 9.72 Å². The second kappa shape index (κ2) is 4.35. The van der Waals surface area contributed by atoms with Gasteiger partial charge in [0.2, 0.25) is 12.2 Å². The molecule has 1 rings (SSSR count). The van der Waals surface area contributed by atoms with Gasteiger partial charge >= 0.3 is 5.69 Å². The number of nitrogens with zero attached hydrogens (tertiary/aromatic N) is 2. The maximum absolute atomic E-state index is 10.6. The van der Waals surface area contributed by atoms with Gasteiger partial charge in [-0.3, -0.25) is 20.0 Å². The van der Waals surface area contributed by atoms with Crippen molar-refractivity contribution in [2.75, 3.05) is 5.32 Å².